The standard InChI is InChI=1S/C24H34N6O5S/c1-33-12-13-34-14-15-35-17-22(31)29-6-2-19(3-7-29)23-27-20(18-36-23)24(32)30-10-8-28(9-11-30)21-16-25-4-5-26-21/h4-5,16,18-19H,2-3,6-15,17H2,1H3. The Balaban J connectivity index is 1.17. The molecule has 2 aliphatic heterocycles. The maximum atomic E-state index is 13.0. The summed E-state index contributed by atoms with van der Waals surface area (Å²) in [5, 5.41) is 2.85. The maximum Gasteiger partial charge on any atom is 0.273 e. The van der Waals surface area contributed by atoms with Crippen molar-refractivity contribution in [1.29, 1.82) is 0 Å². The average molecular weight is 519 g/mol. The van der Waals surface area contributed by atoms with E-state index in [4.69, 9.17) is 14.2 Å². The van der Waals surface area contributed by atoms with Crippen LogP contribution in [0.3, 0.4) is 0 Å². The summed E-state index contributed by atoms with van der Waals surface area (Å²) in [5.41, 5.74) is 0.516. The molecular weight excluding hydrogens is 484 g/mol. The topological polar surface area (TPSA) is 110 Å². The van der Waals surface area contributed by atoms with E-state index in [2.05, 4.69) is 19.9 Å². The number of amides is 2. The second kappa shape index (κ2) is 13.6. The zero-order valence-electron chi connectivity index (χ0n) is 20.7. The molecule has 4 heterocycles. The molecule has 4 rings (SSSR count). The van der Waals surface area contributed by atoms with E-state index in [0.717, 1.165) is 36.8 Å². The molecule has 12 heteroatoms. The number of ether oxygens (including phenoxy) is 3. The third-order valence-corrected chi connectivity index (χ3v) is 7.41. The molecule has 0 saturated carbocycles. The highest BCUT2D eigenvalue weighted by Gasteiger charge is 2.28. The molecule has 0 N–H and O–H groups in total. The molecule has 2 aliphatic rings. The van der Waals surface area contributed by atoms with E-state index in [9.17, 15) is 9.59 Å². The predicted octanol–water partition coefficient (Wildman–Crippen LogP) is 1.28. The molecule has 2 amide bonds. The first kappa shape index (κ1) is 26.4. The number of likely N-dealkylation sites (tertiary alicyclic amines) is 1. The lowest BCUT2D eigenvalue weighted by Gasteiger charge is -2.34. The first-order valence-corrected chi connectivity index (χ1v) is 13.2. The van der Waals surface area contributed by atoms with Crippen molar-refractivity contribution in [1.82, 2.24) is 24.8 Å². The van der Waals surface area contributed by atoms with Gasteiger partial charge in [-0.3, -0.25) is 14.6 Å². The molecule has 196 valence electrons. The van der Waals surface area contributed by atoms with Crippen molar-refractivity contribution in [2.24, 2.45) is 0 Å². The molecule has 0 spiro atoms. The third-order valence-electron chi connectivity index (χ3n) is 6.41. The second-order valence-corrected chi connectivity index (χ2v) is 9.62. The smallest absolute Gasteiger partial charge is 0.273 e. The van der Waals surface area contributed by atoms with Crippen LogP contribution in [-0.4, -0.2) is 116 Å². The molecular formula is C24H34N6O5S. The molecule has 0 aromatic carbocycles. The molecule has 36 heavy (non-hydrogen) atoms. The number of hydrogen-bond acceptors (Lipinski definition) is 10. The van der Waals surface area contributed by atoms with E-state index >= 15 is 0 Å². The molecule has 0 radical (unpaired) electrons. The van der Waals surface area contributed by atoms with Crippen molar-refractivity contribution in [2.75, 3.05) is 84.3 Å². The maximum absolute atomic E-state index is 13.0. The molecule has 2 aromatic rings. The Morgan fingerprint density at radius 1 is 0.972 bits per heavy atom. The van der Waals surface area contributed by atoms with Gasteiger partial charge in [-0.15, -0.1) is 11.3 Å². The lowest BCUT2D eigenvalue weighted by Crippen LogP contribution is -2.49. The van der Waals surface area contributed by atoms with Gasteiger partial charge >= 0.3 is 0 Å². The van der Waals surface area contributed by atoms with Gasteiger partial charge in [0, 0.05) is 70.1 Å². The van der Waals surface area contributed by atoms with Crippen LogP contribution in [-0.2, 0) is 19.0 Å². The Morgan fingerprint density at radius 2 is 1.72 bits per heavy atom. The van der Waals surface area contributed by atoms with E-state index < -0.39 is 0 Å². The van der Waals surface area contributed by atoms with Crippen LogP contribution in [0.15, 0.2) is 24.0 Å². The van der Waals surface area contributed by atoms with Gasteiger partial charge in [0.1, 0.15) is 18.1 Å². The SMILES string of the molecule is COCCOCCOCC(=O)N1CCC(c2nc(C(=O)N3CCN(c4cnccn4)CC3)cs2)CC1. The summed E-state index contributed by atoms with van der Waals surface area (Å²) in [6, 6.07) is 0. The highest BCUT2D eigenvalue weighted by Crippen LogP contribution is 2.30. The van der Waals surface area contributed by atoms with Crippen molar-refractivity contribution in [2.45, 2.75) is 18.8 Å². The number of methoxy groups -OCH3 is 1. The van der Waals surface area contributed by atoms with Gasteiger partial charge in [-0.05, 0) is 12.8 Å². The Bertz CT molecular complexity index is 961. The van der Waals surface area contributed by atoms with E-state index in [1.165, 1.54) is 0 Å². The number of rotatable bonds is 11. The first-order chi connectivity index (χ1) is 17.7. The Kier molecular flexibility index (Phi) is 9.96. The summed E-state index contributed by atoms with van der Waals surface area (Å²) >= 11 is 1.54. The summed E-state index contributed by atoms with van der Waals surface area (Å²) in [6.07, 6.45) is 6.76. The normalized spacial score (nSPS) is 17.0. The number of anilines is 1. The van der Waals surface area contributed by atoms with Gasteiger partial charge in [0.25, 0.3) is 5.91 Å². The minimum atomic E-state index is -0.0211. The Labute approximate surface area is 215 Å². The van der Waals surface area contributed by atoms with Crippen LogP contribution in [0.4, 0.5) is 5.82 Å². The highest BCUT2D eigenvalue weighted by molar-refractivity contribution is 7.09. The average Bonchev–Trinajstić information content (AvgIpc) is 3.43. The monoisotopic (exact) mass is 518 g/mol. The van der Waals surface area contributed by atoms with Crippen molar-refractivity contribution < 1.29 is 23.8 Å². The van der Waals surface area contributed by atoms with Gasteiger partial charge < -0.3 is 28.9 Å². The zero-order valence-corrected chi connectivity index (χ0v) is 21.5. The zero-order chi connectivity index (χ0) is 25.2. The van der Waals surface area contributed by atoms with Crippen LogP contribution in [0, 0.1) is 0 Å². The molecule has 0 unspecified atom stereocenters. The van der Waals surface area contributed by atoms with Crippen LogP contribution in [0.1, 0.15) is 34.3 Å². The number of piperazine rings is 1. The fraction of sp³-hybridized carbons (Fsp3) is 0.625. The van der Waals surface area contributed by atoms with Gasteiger partial charge in [0.15, 0.2) is 0 Å². The number of nitrogens with zero attached hydrogens (tertiary/aromatic N) is 6. The number of carbonyl (C=O) groups excluding carboxylic acids is 2. The Hall–Kier alpha value is -2.67. The van der Waals surface area contributed by atoms with Gasteiger partial charge in [0.2, 0.25) is 5.91 Å². The molecule has 0 atom stereocenters. The van der Waals surface area contributed by atoms with Gasteiger partial charge in [-0.25, -0.2) is 9.97 Å². The lowest BCUT2D eigenvalue weighted by atomic mass is 9.97. The minimum absolute atomic E-state index is 0.000901. The number of thiazole rings is 1. The van der Waals surface area contributed by atoms with E-state index in [1.807, 2.05) is 15.2 Å². The van der Waals surface area contributed by atoms with Crippen LogP contribution < -0.4 is 4.90 Å². The van der Waals surface area contributed by atoms with Crippen molar-refractivity contribution in [3.8, 4) is 0 Å². The largest absolute Gasteiger partial charge is 0.382 e. The van der Waals surface area contributed by atoms with Crippen molar-refractivity contribution in [3.05, 3.63) is 34.7 Å². The van der Waals surface area contributed by atoms with E-state index in [-0.39, 0.29) is 24.3 Å². The molecule has 2 fully saturated rings. The number of hydrogen-bond donors (Lipinski definition) is 0. The highest BCUT2D eigenvalue weighted by atomic mass is 32.1. The fourth-order valence-corrected chi connectivity index (χ4v) is 5.28. The van der Waals surface area contributed by atoms with Gasteiger partial charge in [-0.1, -0.05) is 0 Å². The summed E-state index contributed by atoms with van der Waals surface area (Å²) in [5.74, 6) is 1.08. The summed E-state index contributed by atoms with van der Waals surface area (Å²) < 4.78 is 15.7. The predicted molar refractivity (Wildman–Crippen MR) is 134 cm³/mol. The number of carbonyl (C=O) groups is 2. The van der Waals surface area contributed by atoms with Crippen molar-refractivity contribution in [3.63, 3.8) is 0 Å². The number of piperidine rings is 1. The second-order valence-electron chi connectivity index (χ2n) is 8.73. The lowest BCUT2D eigenvalue weighted by molar-refractivity contribution is -0.137. The van der Waals surface area contributed by atoms with E-state index in [1.54, 1.807) is 37.0 Å². The van der Waals surface area contributed by atoms with Gasteiger partial charge in [0.05, 0.1) is 37.6 Å². The molecule has 11 nitrogen and oxygen atoms in total. The molecule has 2 saturated heterocycles. The fourth-order valence-electron chi connectivity index (χ4n) is 4.32. The summed E-state index contributed by atoms with van der Waals surface area (Å²) in [4.78, 5) is 44.4. The Morgan fingerprint density at radius 3 is 2.44 bits per heavy atom. The van der Waals surface area contributed by atoms with Crippen LogP contribution in [0.5, 0.6) is 0 Å². The van der Waals surface area contributed by atoms with E-state index in [0.29, 0.717) is 58.3 Å². The minimum Gasteiger partial charge on any atom is -0.382 e. The van der Waals surface area contributed by atoms with Crippen molar-refractivity contribution >= 4 is 29.0 Å². The van der Waals surface area contributed by atoms with Crippen LogP contribution in [0.25, 0.3) is 0 Å². The molecule has 0 aliphatic carbocycles. The third kappa shape index (κ3) is 7.19. The molecule has 2 aromatic heterocycles. The van der Waals surface area contributed by atoms with Crippen LogP contribution >= 0.6 is 11.3 Å². The number of aromatic nitrogens is 3. The molecule has 0 bridgehead atoms. The summed E-state index contributed by atoms with van der Waals surface area (Å²) in [6.45, 7) is 6.01. The first-order valence-electron chi connectivity index (χ1n) is 12.3. The summed E-state index contributed by atoms with van der Waals surface area (Å²) in [7, 11) is 1.63. The quantitative estimate of drug-likeness (QED) is 0.406. The van der Waals surface area contributed by atoms with Gasteiger partial charge in [-0.2, -0.15) is 0 Å². The van der Waals surface area contributed by atoms with Crippen LogP contribution in [0.2, 0.25) is 0 Å².